The molecule has 2 rings (SSSR count). The Balaban J connectivity index is 2.24. The van der Waals surface area contributed by atoms with Crippen molar-refractivity contribution in [3.8, 4) is 0 Å². The fraction of sp³-hybridized carbons (Fsp3) is 0.417. The third-order valence-electron chi connectivity index (χ3n) is 3.28. The number of carbonyl (C=O) groups excluding carboxylic acids is 1. The van der Waals surface area contributed by atoms with Crippen molar-refractivity contribution in [1.82, 2.24) is 5.32 Å². The Kier molecular flexibility index (Phi) is 3.88. The predicted molar refractivity (Wildman–Crippen MR) is 72.2 cm³/mol. The van der Waals surface area contributed by atoms with Crippen molar-refractivity contribution in [3.63, 3.8) is 0 Å². The fourth-order valence-corrected chi connectivity index (χ4v) is 2.98. The molecular formula is C12H17N3O3S. The smallest absolute Gasteiger partial charge is 0.238 e. The first kappa shape index (κ1) is 14.0. The molecule has 1 fully saturated rings. The van der Waals surface area contributed by atoms with Crippen LogP contribution in [0.25, 0.3) is 0 Å². The van der Waals surface area contributed by atoms with Gasteiger partial charge in [0.15, 0.2) is 0 Å². The average Bonchev–Trinajstić information content (AvgIpc) is 2.83. The van der Waals surface area contributed by atoms with Gasteiger partial charge in [0.05, 0.1) is 10.8 Å². The van der Waals surface area contributed by atoms with Crippen LogP contribution in [-0.2, 0) is 14.8 Å². The molecule has 1 heterocycles. The molecule has 0 radical (unpaired) electrons. The maximum atomic E-state index is 12.0. The summed E-state index contributed by atoms with van der Waals surface area (Å²) in [7, 11) is -3.77. The van der Waals surface area contributed by atoms with Gasteiger partial charge in [0.25, 0.3) is 0 Å². The second-order valence-electron chi connectivity index (χ2n) is 4.65. The summed E-state index contributed by atoms with van der Waals surface area (Å²) in [5.74, 6) is -0.169. The largest absolute Gasteiger partial charge is 0.326 e. The summed E-state index contributed by atoms with van der Waals surface area (Å²) in [5.41, 5.74) is 0.952. The number of benzene rings is 1. The second kappa shape index (κ2) is 5.28. The van der Waals surface area contributed by atoms with E-state index in [0.29, 0.717) is 17.8 Å². The van der Waals surface area contributed by atoms with E-state index in [2.05, 4.69) is 10.6 Å². The highest BCUT2D eigenvalue weighted by molar-refractivity contribution is 7.89. The van der Waals surface area contributed by atoms with Gasteiger partial charge in [-0.2, -0.15) is 0 Å². The molecule has 104 valence electrons. The van der Waals surface area contributed by atoms with Gasteiger partial charge >= 0.3 is 0 Å². The number of primary sulfonamides is 1. The number of hydrogen-bond acceptors (Lipinski definition) is 4. The summed E-state index contributed by atoms with van der Waals surface area (Å²) in [4.78, 5) is 12.0. The number of nitrogens with two attached hydrogens (primary N) is 1. The molecular weight excluding hydrogens is 266 g/mol. The molecule has 1 unspecified atom stereocenters. The van der Waals surface area contributed by atoms with Gasteiger partial charge in [-0.15, -0.1) is 0 Å². The van der Waals surface area contributed by atoms with Gasteiger partial charge in [-0.3, -0.25) is 4.79 Å². The average molecular weight is 283 g/mol. The maximum Gasteiger partial charge on any atom is 0.238 e. The van der Waals surface area contributed by atoms with Crippen molar-refractivity contribution in [2.75, 3.05) is 18.4 Å². The standard InChI is InChI=1S/C12H17N3O3S/c1-8-10(3-2-4-11(8)19(13,17)18)15-12(16)9-5-6-14-7-9/h2-4,9,14H,5-7H2,1H3,(H,15,16)(H2,13,17,18). The zero-order valence-corrected chi connectivity index (χ0v) is 11.5. The third-order valence-corrected chi connectivity index (χ3v) is 4.33. The van der Waals surface area contributed by atoms with Crippen LogP contribution in [0.15, 0.2) is 23.1 Å². The Morgan fingerprint density at radius 3 is 2.79 bits per heavy atom. The number of nitrogens with one attached hydrogen (secondary N) is 2. The predicted octanol–water partition coefficient (Wildman–Crippen LogP) is 0.190. The SMILES string of the molecule is Cc1c(NC(=O)C2CCNC2)cccc1S(N)(=O)=O. The van der Waals surface area contributed by atoms with Crippen LogP contribution in [0, 0.1) is 12.8 Å². The summed E-state index contributed by atoms with van der Waals surface area (Å²) in [6.07, 6.45) is 0.791. The van der Waals surface area contributed by atoms with E-state index in [4.69, 9.17) is 5.14 Å². The number of hydrogen-bond donors (Lipinski definition) is 3. The molecule has 7 heteroatoms. The van der Waals surface area contributed by atoms with Crippen molar-refractivity contribution >= 4 is 21.6 Å². The Labute approximate surface area is 112 Å². The van der Waals surface area contributed by atoms with Gasteiger partial charge in [-0.05, 0) is 37.6 Å². The van der Waals surface area contributed by atoms with E-state index >= 15 is 0 Å². The van der Waals surface area contributed by atoms with Gasteiger partial charge in [-0.1, -0.05) is 6.07 Å². The molecule has 19 heavy (non-hydrogen) atoms. The zero-order valence-electron chi connectivity index (χ0n) is 10.6. The molecule has 1 aromatic carbocycles. The molecule has 0 aliphatic carbocycles. The lowest BCUT2D eigenvalue weighted by Crippen LogP contribution is -2.25. The fourth-order valence-electron chi connectivity index (χ4n) is 2.17. The highest BCUT2D eigenvalue weighted by Gasteiger charge is 2.23. The molecule has 6 nitrogen and oxygen atoms in total. The van der Waals surface area contributed by atoms with Crippen LogP contribution in [0.1, 0.15) is 12.0 Å². The monoisotopic (exact) mass is 283 g/mol. The summed E-state index contributed by atoms with van der Waals surface area (Å²) in [6, 6.07) is 4.66. The Bertz CT molecular complexity index is 592. The lowest BCUT2D eigenvalue weighted by molar-refractivity contribution is -0.119. The molecule has 1 amide bonds. The van der Waals surface area contributed by atoms with Gasteiger partial charge in [-0.25, -0.2) is 13.6 Å². The molecule has 1 saturated heterocycles. The van der Waals surface area contributed by atoms with Crippen molar-refractivity contribution in [1.29, 1.82) is 0 Å². The van der Waals surface area contributed by atoms with Gasteiger partial charge < -0.3 is 10.6 Å². The van der Waals surface area contributed by atoms with Crippen LogP contribution in [-0.4, -0.2) is 27.4 Å². The van der Waals surface area contributed by atoms with E-state index in [9.17, 15) is 13.2 Å². The van der Waals surface area contributed by atoms with Gasteiger partial charge in [0.1, 0.15) is 0 Å². The van der Waals surface area contributed by atoms with E-state index in [1.54, 1.807) is 19.1 Å². The van der Waals surface area contributed by atoms with Crippen molar-refractivity contribution in [2.45, 2.75) is 18.2 Å². The lowest BCUT2D eigenvalue weighted by Gasteiger charge is -2.13. The maximum absolute atomic E-state index is 12.0. The molecule has 1 atom stereocenters. The number of amides is 1. The minimum Gasteiger partial charge on any atom is -0.326 e. The molecule has 1 aliphatic rings. The molecule has 0 aromatic heterocycles. The zero-order chi connectivity index (χ0) is 14.0. The Morgan fingerprint density at radius 1 is 1.47 bits per heavy atom. The topological polar surface area (TPSA) is 101 Å². The van der Waals surface area contributed by atoms with Crippen LogP contribution in [0.2, 0.25) is 0 Å². The summed E-state index contributed by atoms with van der Waals surface area (Å²) in [5, 5.41) is 11.0. The molecule has 0 saturated carbocycles. The first-order valence-corrected chi connectivity index (χ1v) is 7.58. The lowest BCUT2D eigenvalue weighted by atomic mass is 10.1. The number of sulfonamides is 1. The Hall–Kier alpha value is -1.44. The van der Waals surface area contributed by atoms with E-state index in [0.717, 1.165) is 13.0 Å². The highest BCUT2D eigenvalue weighted by atomic mass is 32.2. The summed E-state index contributed by atoms with van der Waals surface area (Å²) in [6.45, 7) is 3.11. The van der Waals surface area contributed by atoms with E-state index in [1.165, 1.54) is 6.07 Å². The van der Waals surface area contributed by atoms with Crippen molar-refractivity contribution in [2.24, 2.45) is 11.1 Å². The van der Waals surface area contributed by atoms with Crippen molar-refractivity contribution in [3.05, 3.63) is 23.8 Å². The minimum absolute atomic E-state index is 0.0369. The first-order chi connectivity index (χ1) is 8.89. The molecule has 1 aromatic rings. The first-order valence-electron chi connectivity index (χ1n) is 6.03. The molecule has 4 N–H and O–H groups in total. The normalized spacial score (nSPS) is 19.4. The Morgan fingerprint density at radius 2 is 2.21 bits per heavy atom. The van der Waals surface area contributed by atoms with Crippen LogP contribution in [0.5, 0.6) is 0 Å². The molecule has 0 spiro atoms. The summed E-state index contributed by atoms with van der Waals surface area (Å²) < 4.78 is 22.8. The number of carbonyl (C=O) groups is 1. The second-order valence-corrected chi connectivity index (χ2v) is 6.18. The number of rotatable bonds is 3. The van der Waals surface area contributed by atoms with Crippen LogP contribution >= 0.6 is 0 Å². The van der Waals surface area contributed by atoms with Crippen LogP contribution < -0.4 is 15.8 Å². The van der Waals surface area contributed by atoms with E-state index < -0.39 is 10.0 Å². The van der Waals surface area contributed by atoms with Gasteiger partial charge in [0, 0.05) is 12.2 Å². The summed E-state index contributed by atoms with van der Waals surface area (Å²) >= 11 is 0. The van der Waals surface area contributed by atoms with Crippen LogP contribution in [0.3, 0.4) is 0 Å². The van der Waals surface area contributed by atoms with Crippen LogP contribution in [0.4, 0.5) is 5.69 Å². The van der Waals surface area contributed by atoms with Crippen molar-refractivity contribution < 1.29 is 13.2 Å². The van der Waals surface area contributed by atoms with Gasteiger partial charge in [0.2, 0.25) is 15.9 Å². The number of anilines is 1. The minimum atomic E-state index is -3.77. The third kappa shape index (κ3) is 3.12. The highest BCUT2D eigenvalue weighted by Crippen LogP contribution is 2.23. The molecule has 0 bridgehead atoms. The van der Waals surface area contributed by atoms with E-state index in [1.807, 2.05) is 0 Å². The van der Waals surface area contributed by atoms with E-state index in [-0.39, 0.29) is 16.7 Å². The molecule has 1 aliphatic heterocycles. The quantitative estimate of drug-likeness (QED) is 0.737.